The van der Waals surface area contributed by atoms with Gasteiger partial charge in [0.2, 0.25) is 5.91 Å². The van der Waals surface area contributed by atoms with Gasteiger partial charge in [-0.15, -0.1) is 0 Å². The molecular weight excluding hydrogens is 396 g/mol. The van der Waals surface area contributed by atoms with E-state index in [9.17, 15) is 4.79 Å². The summed E-state index contributed by atoms with van der Waals surface area (Å²) in [5.41, 5.74) is 5.95. The van der Waals surface area contributed by atoms with Crippen LogP contribution in [0.3, 0.4) is 0 Å². The van der Waals surface area contributed by atoms with Crippen molar-refractivity contribution in [2.45, 2.75) is 52.0 Å². The molecule has 0 atom stereocenters. The molecule has 0 aromatic heterocycles. The van der Waals surface area contributed by atoms with Gasteiger partial charge in [0, 0.05) is 26.3 Å². The third-order valence-corrected chi connectivity index (χ3v) is 7.51. The van der Waals surface area contributed by atoms with Crippen molar-refractivity contribution >= 4 is 5.91 Å². The Bertz CT molecular complexity index is 903. The van der Waals surface area contributed by atoms with Gasteiger partial charge in [-0.3, -0.25) is 4.79 Å². The summed E-state index contributed by atoms with van der Waals surface area (Å²) in [5, 5.41) is 0. The van der Waals surface area contributed by atoms with Crippen LogP contribution in [0.4, 0.5) is 0 Å². The lowest BCUT2D eigenvalue weighted by molar-refractivity contribution is -0.149. The second-order valence-corrected chi connectivity index (χ2v) is 10.1. The molecule has 2 saturated heterocycles. The van der Waals surface area contributed by atoms with Crippen LogP contribution < -0.4 is 0 Å². The molecule has 4 rings (SSSR count). The number of piperidine rings is 1. The predicted molar refractivity (Wildman–Crippen MR) is 131 cm³/mol. The Morgan fingerprint density at radius 3 is 2.19 bits per heavy atom. The molecule has 2 fully saturated rings. The van der Waals surface area contributed by atoms with E-state index in [0.29, 0.717) is 25.2 Å². The average Bonchev–Trinajstić information content (AvgIpc) is 2.79. The number of ether oxygens (including phenoxy) is 1. The molecule has 2 aliphatic rings. The van der Waals surface area contributed by atoms with Crippen LogP contribution in [-0.2, 0) is 16.0 Å². The van der Waals surface area contributed by atoms with Crippen molar-refractivity contribution in [1.29, 1.82) is 0 Å². The highest BCUT2D eigenvalue weighted by Crippen LogP contribution is 2.38. The van der Waals surface area contributed by atoms with Crippen LogP contribution in [0.15, 0.2) is 42.5 Å². The average molecular weight is 435 g/mol. The molecule has 0 saturated carbocycles. The van der Waals surface area contributed by atoms with E-state index in [1.54, 1.807) is 0 Å². The van der Waals surface area contributed by atoms with Crippen LogP contribution in [0.2, 0.25) is 0 Å². The first-order chi connectivity index (χ1) is 15.4. The Morgan fingerprint density at radius 2 is 1.59 bits per heavy atom. The molecule has 0 N–H and O–H groups in total. The Balaban J connectivity index is 1.52. The number of benzene rings is 2. The number of nitrogens with zero attached hydrogens (tertiary/aromatic N) is 2. The molecule has 0 bridgehead atoms. The van der Waals surface area contributed by atoms with E-state index in [-0.39, 0.29) is 5.41 Å². The highest BCUT2D eigenvalue weighted by molar-refractivity contribution is 5.83. The SMILES string of the molecule is Cc1cc(C)cc(-c2ccc(CC3(C(=O)N(C)C4CCN(C)CC4)CCOCC3)cc2)c1. The Labute approximate surface area is 193 Å². The molecule has 0 aliphatic carbocycles. The van der Waals surface area contributed by atoms with E-state index in [0.717, 1.165) is 45.2 Å². The molecule has 1 amide bonds. The van der Waals surface area contributed by atoms with Gasteiger partial charge < -0.3 is 14.5 Å². The van der Waals surface area contributed by atoms with Gasteiger partial charge in [-0.1, -0.05) is 53.6 Å². The second-order valence-electron chi connectivity index (χ2n) is 10.1. The summed E-state index contributed by atoms with van der Waals surface area (Å²) < 4.78 is 5.67. The minimum atomic E-state index is -0.349. The number of likely N-dealkylation sites (tertiary alicyclic amines) is 1. The standard InChI is InChI=1S/C28H38N2O2/c1-21-17-22(2)19-25(18-21)24-7-5-23(6-8-24)20-28(11-15-32-16-12-28)27(31)30(4)26-9-13-29(3)14-10-26/h5-8,17-19,26H,9-16,20H2,1-4H3. The van der Waals surface area contributed by atoms with Gasteiger partial charge in [0.25, 0.3) is 0 Å². The quantitative estimate of drug-likeness (QED) is 0.674. The molecule has 0 radical (unpaired) electrons. The van der Waals surface area contributed by atoms with Crippen LogP contribution in [0.5, 0.6) is 0 Å². The molecule has 2 aromatic carbocycles. The van der Waals surface area contributed by atoms with Crippen molar-refractivity contribution in [1.82, 2.24) is 9.80 Å². The van der Waals surface area contributed by atoms with Crippen molar-refractivity contribution < 1.29 is 9.53 Å². The maximum atomic E-state index is 13.8. The van der Waals surface area contributed by atoms with Crippen molar-refractivity contribution in [3.8, 4) is 11.1 Å². The third kappa shape index (κ3) is 5.07. The lowest BCUT2D eigenvalue weighted by Crippen LogP contribution is -2.52. The predicted octanol–water partition coefficient (Wildman–Crippen LogP) is 4.86. The van der Waals surface area contributed by atoms with E-state index < -0.39 is 0 Å². The van der Waals surface area contributed by atoms with E-state index in [1.165, 1.54) is 27.8 Å². The zero-order valence-corrected chi connectivity index (χ0v) is 20.2. The number of hydrogen-bond donors (Lipinski definition) is 0. The van der Waals surface area contributed by atoms with Crippen LogP contribution in [-0.4, -0.2) is 62.1 Å². The summed E-state index contributed by atoms with van der Waals surface area (Å²) >= 11 is 0. The highest BCUT2D eigenvalue weighted by atomic mass is 16.5. The number of rotatable bonds is 5. The highest BCUT2D eigenvalue weighted by Gasteiger charge is 2.43. The van der Waals surface area contributed by atoms with E-state index in [2.05, 4.69) is 73.2 Å². The van der Waals surface area contributed by atoms with Crippen molar-refractivity contribution in [3.63, 3.8) is 0 Å². The zero-order valence-electron chi connectivity index (χ0n) is 20.2. The lowest BCUT2D eigenvalue weighted by atomic mass is 9.73. The van der Waals surface area contributed by atoms with Gasteiger partial charge in [0.1, 0.15) is 0 Å². The van der Waals surface area contributed by atoms with Gasteiger partial charge in [-0.05, 0) is 82.8 Å². The fourth-order valence-corrected chi connectivity index (χ4v) is 5.50. The molecule has 32 heavy (non-hydrogen) atoms. The molecule has 0 spiro atoms. The molecule has 172 valence electrons. The first-order valence-corrected chi connectivity index (χ1v) is 12.1. The zero-order chi connectivity index (χ0) is 22.7. The van der Waals surface area contributed by atoms with E-state index >= 15 is 0 Å². The summed E-state index contributed by atoms with van der Waals surface area (Å²) in [7, 11) is 4.19. The maximum Gasteiger partial charge on any atom is 0.229 e. The molecule has 4 heteroatoms. The van der Waals surface area contributed by atoms with E-state index in [1.807, 2.05) is 7.05 Å². The molecule has 2 heterocycles. The van der Waals surface area contributed by atoms with Crippen LogP contribution in [0.25, 0.3) is 11.1 Å². The normalized spacial score (nSPS) is 19.6. The minimum absolute atomic E-state index is 0.314. The summed E-state index contributed by atoms with van der Waals surface area (Å²) in [4.78, 5) is 18.3. The van der Waals surface area contributed by atoms with Crippen LogP contribution in [0.1, 0.15) is 42.4 Å². The fraction of sp³-hybridized carbons (Fsp3) is 0.536. The number of carbonyl (C=O) groups excluding carboxylic acids is 1. The van der Waals surface area contributed by atoms with Gasteiger partial charge in [-0.2, -0.15) is 0 Å². The van der Waals surface area contributed by atoms with Crippen LogP contribution in [0, 0.1) is 19.3 Å². The largest absolute Gasteiger partial charge is 0.381 e. The first-order valence-electron chi connectivity index (χ1n) is 12.1. The summed E-state index contributed by atoms with van der Waals surface area (Å²) in [6, 6.07) is 15.9. The number of aryl methyl sites for hydroxylation is 2. The third-order valence-electron chi connectivity index (χ3n) is 7.51. The van der Waals surface area contributed by atoms with Gasteiger partial charge >= 0.3 is 0 Å². The Hall–Kier alpha value is -2.17. The Kier molecular flexibility index (Phi) is 7.02. The monoisotopic (exact) mass is 434 g/mol. The first kappa shape index (κ1) is 23.0. The topological polar surface area (TPSA) is 32.8 Å². The molecule has 0 unspecified atom stereocenters. The maximum absolute atomic E-state index is 13.8. The fourth-order valence-electron chi connectivity index (χ4n) is 5.50. The van der Waals surface area contributed by atoms with Crippen molar-refractivity contribution in [2.75, 3.05) is 40.4 Å². The molecular formula is C28H38N2O2. The number of hydrogen-bond acceptors (Lipinski definition) is 3. The van der Waals surface area contributed by atoms with Crippen molar-refractivity contribution in [2.24, 2.45) is 5.41 Å². The smallest absolute Gasteiger partial charge is 0.229 e. The Morgan fingerprint density at radius 1 is 1.00 bits per heavy atom. The summed E-state index contributed by atoms with van der Waals surface area (Å²) in [6.45, 7) is 7.77. The second kappa shape index (κ2) is 9.76. The van der Waals surface area contributed by atoms with Gasteiger partial charge in [0.05, 0.1) is 5.41 Å². The summed E-state index contributed by atoms with van der Waals surface area (Å²) in [5.74, 6) is 0.314. The van der Waals surface area contributed by atoms with E-state index in [4.69, 9.17) is 4.74 Å². The number of carbonyl (C=O) groups is 1. The van der Waals surface area contributed by atoms with Gasteiger partial charge in [0.15, 0.2) is 0 Å². The van der Waals surface area contributed by atoms with Crippen molar-refractivity contribution in [3.05, 3.63) is 59.2 Å². The minimum Gasteiger partial charge on any atom is -0.381 e. The molecule has 4 nitrogen and oxygen atoms in total. The number of amides is 1. The summed E-state index contributed by atoms with van der Waals surface area (Å²) in [6.07, 6.45) is 4.54. The molecule has 2 aliphatic heterocycles. The van der Waals surface area contributed by atoms with Crippen LogP contribution >= 0.6 is 0 Å². The lowest BCUT2D eigenvalue weighted by Gasteiger charge is -2.43. The molecule has 2 aromatic rings. The van der Waals surface area contributed by atoms with Gasteiger partial charge in [-0.25, -0.2) is 0 Å².